The summed E-state index contributed by atoms with van der Waals surface area (Å²) in [7, 11) is 0. The monoisotopic (exact) mass is 277 g/mol. The van der Waals surface area contributed by atoms with E-state index >= 15 is 0 Å². The zero-order valence-corrected chi connectivity index (χ0v) is 10.3. The molecule has 1 heterocycles. The van der Waals surface area contributed by atoms with Crippen LogP contribution in [-0.4, -0.2) is 23.9 Å². The molecule has 1 aromatic heterocycles. The quantitative estimate of drug-likeness (QED) is 0.888. The van der Waals surface area contributed by atoms with Crippen molar-refractivity contribution in [3.63, 3.8) is 0 Å². The highest BCUT2D eigenvalue weighted by molar-refractivity contribution is 5.88. The van der Waals surface area contributed by atoms with E-state index in [0.29, 0.717) is 12.2 Å². The predicted octanol–water partition coefficient (Wildman–Crippen LogP) is 2.56. The molecule has 1 aliphatic rings. The second-order valence-electron chi connectivity index (χ2n) is 4.51. The molecule has 1 saturated carbocycles. The summed E-state index contributed by atoms with van der Waals surface area (Å²) in [6, 6.07) is 0.985. The first-order chi connectivity index (χ1) is 8.90. The zero-order chi connectivity index (χ0) is 14.0. The van der Waals surface area contributed by atoms with E-state index in [2.05, 4.69) is 15.8 Å². The average molecular weight is 277 g/mol. The largest absolute Gasteiger partial charge is 0.392 e. The van der Waals surface area contributed by atoms with Crippen molar-refractivity contribution in [1.82, 2.24) is 10.5 Å². The maximum atomic E-state index is 12.3. The Hall–Kier alpha value is -1.73. The van der Waals surface area contributed by atoms with Gasteiger partial charge >= 0.3 is 12.2 Å². The second-order valence-corrected chi connectivity index (χ2v) is 4.51. The highest BCUT2D eigenvalue weighted by atomic mass is 19.4. The van der Waals surface area contributed by atoms with Gasteiger partial charge < -0.3 is 9.84 Å². The van der Waals surface area contributed by atoms with Crippen LogP contribution in [0.4, 0.5) is 23.8 Å². The molecule has 0 aliphatic heterocycles. The third-order valence-corrected chi connectivity index (χ3v) is 3.02. The maximum absolute atomic E-state index is 12.3. The topological polar surface area (TPSA) is 67.2 Å². The lowest BCUT2D eigenvalue weighted by atomic mass is 10.3. The Kier molecular flexibility index (Phi) is 3.68. The van der Waals surface area contributed by atoms with Gasteiger partial charge in [-0.05, 0) is 12.3 Å². The van der Waals surface area contributed by atoms with Crippen LogP contribution in [0.2, 0.25) is 0 Å². The van der Waals surface area contributed by atoms with Crippen molar-refractivity contribution in [3.05, 3.63) is 11.8 Å². The number of hydrogen-bond acceptors (Lipinski definition) is 3. The second kappa shape index (κ2) is 5.10. The number of carbonyl (C=O) groups excluding carboxylic acids is 1. The fourth-order valence-electron chi connectivity index (χ4n) is 1.80. The number of anilines is 1. The van der Waals surface area contributed by atoms with E-state index in [9.17, 15) is 18.0 Å². The summed E-state index contributed by atoms with van der Waals surface area (Å²) in [5.41, 5.74) is 0. The molecule has 1 aliphatic carbocycles. The van der Waals surface area contributed by atoms with Gasteiger partial charge in [-0.25, -0.2) is 4.79 Å². The van der Waals surface area contributed by atoms with Crippen LogP contribution in [0.25, 0.3) is 0 Å². The molecule has 2 atom stereocenters. The molecule has 1 aromatic rings. The Balaban J connectivity index is 1.71. The number of halogens is 3. The smallest absolute Gasteiger partial charge is 0.359 e. The molecule has 2 amide bonds. The first-order valence-corrected chi connectivity index (χ1v) is 5.97. The van der Waals surface area contributed by atoms with Gasteiger partial charge in [0.15, 0.2) is 5.82 Å². The van der Waals surface area contributed by atoms with Crippen molar-refractivity contribution in [2.75, 3.05) is 11.9 Å². The number of amides is 2. The Morgan fingerprint density at radius 1 is 1.58 bits per heavy atom. The molecule has 0 radical (unpaired) electrons. The number of carbonyl (C=O) groups is 1. The molecule has 0 aromatic carbocycles. The average Bonchev–Trinajstić information content (AvgIpc) is 3.00. The van der Waals surface area contributed by atoms with Gasteiger partial charge in [0, 0.05) is 19.0 Å². The van der Waals surface area contributed by atoms with Crippen LogP contribution in [0, 0.1) is 11.8 Å². The minimum Gasteiger partial charge on any atom is -0.359 e. The molecule has 106 valence electrons. The van der Waals surface area contributed by atoms with Crippen LogP contribution >= 0.6 is 0 Å². The van der Waals surface area contributed by atoms with Crippen molar-refractivity contribution >= 4 is 11.8 Å². The van der Waals surface area contributed by atoms with Gasteiger partial charge in [-0.15, -0.1) is 0 Å². The first kappa shape index (κ1) is 13.7. The molecule has 5 nitrogen and oxygen atoms in total. The summed E-state index contributed by atoms with van der Waals surface area (Å²) in [5, 5.41) is 8.38. The van der Waals surface area contributed by atoms with Gasteiger partial charge in [-0.2, -0.15) is 13.2 Å². The molecule has 2 rings (SSSR count). The van der Waals surface area contributed by atoms with Crippen LogP contribution in [-0.2, 0) is 6.42 Å². The third-order valence-electron chi connectivity index (χ3n) is 3.02. The molecule has 8 heteroatoms. The fourth-order valence-corrected chi connectivity index (χ4v) is 1.80. The maximum Gasteiger partial charge on any atom is 0.392 e. The standard InChI is InChI=1S/C11H14F3N3O2/c1-2-7-4-9(17-19-7)16-10(18)15-5-6-3-8(6)11(12,13)14/h4,6,8H,2-3,5H2,1H3,(H2,15,16,17,18)/t6-,8+/m0/s1. The van der Waals surface area contributed by atoms with Crippen molar-refractivity contribution in [3.8, 4) is 0 Å². The van der Waals surface area contributed by atoms with Gasteiger partial charge in [-0.1, -0.05) is 12.1 Å². The number of alkyl halides is 3. The highest BCUT2D eigenvalue weighted by Gasteiger charge is 2.55. The summed E-state index contributed by atoms with van der Waals surface area (Å²) in [6.45, 7) is 1.88. The molecule has 1 fully saturated rings. The molecule has 0 bridgehead atoms. The summed E-state index contributed by atoms with van der Waals surface area (Å²) in [6.07, 6.45) is -3.44. The molecule has 19 heavy (non-hydrogen) atoms. The fraction of sp³-hybridized carbons (Fsp3) is 0.636. The Morgan fingerprint density at radius 2 is 2.32 bits per heavy atom. The minimum absolute atomic E-state index is 0.00843. The van der Waals surface area contributed by atoms with Crippen LogP contribution in [0.5, 0.6) is 0 Å². The number of rotatable bonds is 4. The lowest BCUT2D eigenvalue weighted by Gasteiger charge is -2.06. The van der Waals surface area contributed by atoms with E-state index < -0.39 is 24.0 Å². The van der Waals surface area contributed by atoms with Crippen molar-refractivity contribution in [2.45, 2.75) is 25.9 Å². The van der Waals surface area contributed by atoms with Gasteiger partial charge in [0.25, 0.3) is 0 Å². The van der Waals surface area contributed by atoms with Crippen LogP contribution in [0.1, 0.15) is 19.1 Å². The normalized spacial score (nSPS) is 22.1. The molecule has 2 N–H and O–H groups in total. The molecule has 0 saturated heterocycles. The minimum atomic E-state index is -4.16. The van der Waals surface area contributed by atoms with Crippen molar-refractivity contribution < 1.29 is 22.5 Å². The summed E-state index contributed by atoms with van der Waals surface area (Å²) in [5.74, 6) is -0.937. The molecular weight excluding hydrogens is 263 g/mol. The Labute approximate surface area is 107 Å². The number of nitrogens with zero attached hydrogens (tertiary/aromatic N) is 1. The van der Waals surface area contributed by atoms with Crippen LogP contribution in [0.3, 0.4) is 0 Å². The van der Waals surface area contributed by atoms with Crippen LogP contribution in [0.15, 0.2) is 10.6 Å². The van der Waals surface area contributed by atoms with Crippen molar-refractivity contribution in [2.24, 2.45) is 11.8 Å². The predicted molar refractivity (Wildman–Crippen MR) is 60.6 cm³/mol. The van der Waals surface area contributed by atoms with Gasteiger partial charge in [-0.3, -0.25) is 5.32 Å². The number of nitrogens with one attached hydrogen (secondary N) is 2. The van der Waals surface area contributed by atoms with E-state index in [1.807, 2.05) is 6.92 Å². The number of aromatic nitrogens is 1. The van der Waals surface area contributed by atoms with E-state index in [1.165, 1.54) is 0 Å². The summed E-state index contributed by atoms with van der Waals surface area (Å²) in [4.78, 5) is 11.4. The Bertz CT molecular complexity index is 458. The van der Waals surface area contributed by atoms with E-state index in [0.717, 1.165) is 0 Å². The number of aryl methyl sites for hydroxylation is 1. The molecule has 0 unspecified atom stereocenters. The lowest BCUT2D eigenvalue weighted by Crippen LogP contribution is -2.31. The number of hydrogen-bond donors (Lipinski definition) is 2. The Morgan fingerprint density at radius 3 is 2.84 bits per heavy atom. The van der Waals surface area contributed by atoms with Crippen LogP contribution < -0.4 is 10.6 Å². The van der Waals surface area contributed by atoms with Gasteiger partial charge in [0.2, 0.25) is 0 Å². The number of urea groups is 1. The first-order valence-electron chi connectivity index (χ1n) is 5.97. The van der Waals surface area contributed by atoms with Crippen molar-refractivity contribution in [1.29, 1.82) is 0 Å². The lowest BCUT2D eigenvalue weighted by molar-refractivity contribution is -0.150. The zero-order valence-electron chi connectivity index (χ0n) is 10.3. The van der Waals surface area contributed by atoms with E-state index in [-0.39, 0.29) is 18.8 Å². The summed E-state index contributed by atoms with van der Waals surface area (Å²) < 4.78 is 41.6. The third kappa shape index (κ3) is 3.62. The SMILES string of the molecule is CCc1cc(NC(=O)NC[C@@H]2C[C@H]2C(F)(F)F)no1. The van der Waals surface area contributed by atoms with E-state index in [4.69, 9.17) is 4.52 Å². The molecule has 0 spiro atoms. The molecular formula is C11H14F3N3O2. The van der Waals surface area contributed by atoms with Gasteiger partial charge in [0.1, 0.15) is 5.76 Å². The van der Waals surface area contributed by atoms with Gasteiger partial charge in [0.05, 0.1) is 5.92 Å². The summed E-state index contributed by atoms with van der Waals surface area (Å²) >= 11 is 0. The highest BCUT2D eigenvalue weighted by Crippen LogP contribution is 2.49. The van der Waals surface area contributed by atoms with E-state index in [1.54, 1.807) is 6.07 Å².